The van der Waals surface area contributed by atoms with E-state index in [1.807, 2.05) is 0 Å². The van der Waals surface area contributed by atoms with Crippen LogP contribution in [0.25, 0.3) is 11.0 Å². The molecule has 0 aliphatic heterocycles. The number of halogens is 4. The summed E-state index contributed by atoms with van der Waals surface area (Å²) in [4.78, 5) is 24.4. The number of hydrogen-bond acceptors (Lipinski definition) is 3. The topological polar surface area (TPSA) is 47.3 Å². The van der Waals surface area contributed by atoms with Gasteiger partial charge in [-0.25, -0.2) is 13.2 Å². The lowest BCUT2D eigenvalue weighted by Crippen LogP contribution is -2.18. The zero-order chi connectivity index (χ0) is 16.7. The highest BCUT2D eigenvalue weighted by atomic mass is 19.2. The van der Waals surface area contributed by atoms with Gasteiger partial charge in [0.25, 0.3) is 0 Å². The molecule has 7 heteroatoms. The van der Waals surface area contributed by atoms with Crippen molar-refractivity contribution in [2.24, 2.45) is 0 Å². The first-order chi connectivity index (χ1) is 10.9. The van der Waals surface area contributed by atoms with Crippen LogP contribution in [0, 0.1) is 23.3 Å². The Morgan fingerprint density at radius 1 is 0.870 bits per heavy atom. The summed E-state index contributed by atoms with van der Waals surface area (Å²) in [6.45, 7) is 0. The number of fused-ring (bicyclic) bond motifs is 1. The van der Waals surface area contributed by atoms with E-state index < -0.39 is 51.0 Å². The van der Waals surface area contributed by atoms with Gasteiger partial charge in [0, 0.05) is 5.56 Å². The van der Waals surface area contributed by atoms with Crippen molar-refractivity contribution in [2.75, 3.05) is 0 Å². The molecule has 0 saturated carbocycles. The summed E-state index contributed by atoms with van der Waals surface area (Å²) in [6, 6.07) is 7.49. The summed E-state index contributed by atoms with van der Waals surface area (Å²) in [5.41, 5.74) is -2.89. The zero-order valence-electron chi connectivity index (χ0n) is 11.2. The normalized spacial score (nSPS) is 11.0. The first-order valence-electron chi connectivity index (χ1n) is 6.30. The van der Waals surface area contributed by atoms with Crippen LogP contribution in [0.5, 0.6) is 0 Å². The monoisotopic (exact) mass is 322 g/mol. The van der Waals surface area contributed by atoms with Crippen molar-refractivity contribution < 1.29 is 26.8 Å². The Balaban J connectivity index is 2.33. The summed E-state index contributed by atoms with van der Waals surface area (Å²) in [6.07, 6.45) is 0.597. The van der Waals surface area contributed by atoms with Gasteiger partial charge >= 0.3 is 0 Å². The molecule has 0 aliphatic carbocycles. The lowest BCUT2D eigenvalue weighted by atomic mass is 10.0. The lowest BCUT2D eigenvalue weighted by molar-refractivity contribution is 0.103. The number of rotatable bonds is 2. The summed E-state index contributed by atoms with van der Waals surface area (Å²) < 4.78 is 58.5. The second kappa shape index (κ2) is 5.35. The molecule has 0 fully saturated rings. The molecule has 3 rings (SSSR count). The van der Waals surface area contributed by atoms with Crippen LogP contribution in [0.2, 0.25) is 0 Å². The van der Waals surface area contributed by atoms with Crippen molar-refractivity contribution in [1.82, 2.24) is 0 Å². The summed E-state index contributed by atoms with van der Waals surface area (Å²) >= 11 is 0. The molecule has 0 amide bonds. The van der Waals surface area contributed by atoms with Gasteiger partial charge in [0.2, 0.25) is 17.1 Å². The molecule has 23 heavy (non-hydrogen) atoms. The molecule has 3 nitrogen and oxygen atoms in total. The van der Waals surface area contributed by atoms with Crippen molar-refractivity contribution in [3.63, 3.8) is 0 Å². The fraction of sp³-hybridized carbons (Fsp3) is 0. The Hall–Kier alpha value is -2.96. The summed E-state index contributed by atoms with van der Waals surface area (Å²) in [5.74, 6) is -8.80. The van der Waals surface area contributed by atoms with Gasteiger partial charge in [-0.05, 0) is 0 Å². The molecule has 2 aromatic carbocycles. The average Bonchev–Trinajstić information content (AvgIpc) is 2.58. The molecular weight excluding hydrogens is 316 g/mol. The van der Waals surface area contributed by atoms with Crippen LogP contribution in [0.4, 0.5) is 17.6 Å². The van der Waals surface area contributed by atoms with E-state index in [1.165, 1.54) is 24.3 Å². The van der Waals surface area contributed by atoms with Gasteiger partial charge in [0.1, 0.15) is 17.2 Å². The highest BCUT2D eigenvalue weighted by Crippen LogP contribution is 2.25. The van der Waals surface area contributed by atoms with E-state index in [1.54, 1.807) is 6.07 Å². The fourth-order valence-electron chi connectivity index (χ4n) is 2.13. The van der Waals surface area contributed by atoms with Gasteiger partial charge in [-0.2, -0.15) is 4.39 Å². The van der Waals surface area contributed by atoms with Crippen molar-refractivity contribution in [1.29, 1.82) is 0 Å². The largest absolute Gasteiger partial charge is 0.460 e. The highest BCUT2D eigenvalue weighted by Gasteiger charge is 2.26. The Morgan fingerprint density at radius 2 is 1.48 bits per heavy atom. The Kier molecular flexibility index (Phi) is 3.48. The van der Waals surface area contributed by atoms with Crippen molar-refractivity contribution >= 4 is 16.8 Å². The van der Waals surface area contributed by atoms with Crippen molar-refractivity contribution in [3.8, 4) is 0 Å². The molecule has 1 heterocycles. The number of ketones is 1. The molecular formula is C16H6F4O3. The third-order valence-corrected chi connectivity index (χ3v) is 3.27. The third-order valence-electron chi connectivity index (χ3n) is 3.27. The summed E-state index contributed by atoms with van der Waals surface area (Å²) in [5, 5.41) is -1.15. The fourth-order valence-corrected chi connectivity index (χ4v) is 2.13. The van der Waals surface area contributed by atoms with Gasteiger partial charge in [-0.3, -0.25) is 9.59 Å². The first kappa shape index (κ1) is 15.0. The number of carbonyl (C=O) groups excluding carboxylic acids is 1. The molecule has 0 bridgehead atoms. The van der Waals surface area contributed by atoms with Crippen LogP contribution in [-0.2, 0) is 0 Å². The van der Waals surface area contributed by atoms with E-state index in [9.17, 15) is 27.2 Å². The molecule has 0 radical (unpaired) electrons. The Labute approximate surface area is 125 Å². The van der Waals surface area contributed by atoms with Gasteiger partial charge in [-0.1, -0.05) is 30.3 Å². The first-order valence-corrected chi connectivity index (χ1v) is 6.30. The maximum atomic E-state index is 13.8. The van der Waals surface area contributed by atoms with Gasteiger partial charge in [0.05, 0.1) is 0 Å². The minimum atomic E-state index is -2.15. The standard InChI is InChI=1S/C16H6F4O3/c17-10-9-15(22)8(14(21)7-4-2-1-3-5-7)6-23-16(9)13(20)12(19)11(10)18/h1-6H. The van der Waals surface area contributed by atoms with E-state index in [-0.39, 0.29) is 5.56 Å². The maximum Gasteiger partial charge on any atom is 0.207 e. The van der Waals surface area contributed by atoms with Crippen LogP contribution in [0.1, 0.15) is 15.9 Å². The lowest BCUT2D eigenvalue weighted by Gasteiger charge is -2.05. The van der Waals surface area contributed by atoms with Crippen LogP contribution < -0.4 is 5.43 Å². The number of hydrogen-bond donors (Lipinski definition) is 0. The minimum absolute atomic E-state index is 0.0996. The van der Waals surface area contributed by atoms with Crippen LogP contribution in [0.15, 0.2) is 45.8 Å². The Bertz CT molecular complexity index is 994. The smallest absolute Gasteiger partial charge is 0.207 e. The average molecular weight is 322 g/mol. The van der Waals surface area contributed by atoms with E-state index in [2.05, 4.69) is 4.42 Å². The second-order valence-corrected chi connectivity index (χ2v) is 4.63. The van der Waals surface area contributed by atoms with Gasteiger partial charge in [-0.15, -0.1) is 0 Å². The Morgan fingerprint density at radius 3 is 2.13 bits per heavy atom. The van der Waals surface area contributed by atoms with Crippen molar-refractivity contribution in [3.05, 3.63) is 81.2 Å². The molecule has 0 aliphatic rings. The SMILES string of the molecule is O=C(c1ccccc1)c1coc2c(F)c(F)c(F)c(F)c2c1=O. The summed E-state index contributed by atoms with van der Waals surface area (Å²) in [7, 11) is 0. The van der Waals surface area contributed by atoms with Gasteiger partial charge < -0.3 is 4.42 Å². The predicted molar refractivity (Wildman–Crippen MR) is 72.2 cm³/mol. The third kappa shape index (κ3) is 2.21. The minimum Gasteiger partial charge on any atom is -0.460 e. The van der Waals surface area contributed by atoms with Crippen LogP contribution in [-0.4, -0.2) is 5.78 Å². The predicted octanol–water partition coefficient (Wildman–Crippen LogP) is 3.58. The molecule has 0 atom stereocenters. The molecule has 0 saturated heterocycles. The molecule has 0 spiro atoms. The number of benzene rings is 2. The second-order valence-electron chi connectivity index (χ2n) is 4.63. The molecule has 1 aromatic heterocycles. The molecule has 3 aromatic rings. The van der Waals surface area contributed by atoms with E-state index in [4.69, 9.17) is 0 Å². The maximum absolute atomic E-state index is 13.8. The number of carbonyl (C=O) groups is 1. The molecule has 0 N–H and O–H groups in total. The zero-order valence-corrected chi connectivity index (χ0v) is 11.2. The van der Waals surface area contributed by atoms with Gasteiger partial charge in [0.15, 0.2) is 23.0 Å². The highest BCUT2D eigenvalue weighted by molar-refractivity contribution is 6.09. The van der Waals surface area contributed by atoms with E-state index >= 15 is 0 Å². The van der Waals surface area contributed by atoms with E-state index in [0.717, 1.165) is 0 Å². The van der Waals surface area contributed by atoms with Crippen molar-refractivity contribution in [2.45, 2.75) is 0 Å². The van der Waals surface area contributed by atoms with Crippen LogP contribution in [0.3, 0.4) is 0 Å². The molecule has 0 unspecified atom stereocenters. The quantitative estimate of drug-likeness (QED) is 0.314. The molecule has 116 valence electrons. The van der Waals surface area contributed by atoms with Crippen LogP contribution >= 0.6 is 0 Å². The van der Waals surface area contributed by atoms with E-state index in [0.29, 0.717) is 6.26 Å².